The molecule has 3 heteroatoms. The molecule has 0 aromatic carbocycles. The summed E-state index contributed by atoms with van der Waals surface area (Å²) in [6.07, 6.45) is 1.51. The Morgan fingerprint density at radius 1 is 1.31 bits per heavy atom. The maximum absolute atomic E-state index is 10.8. The molecule has 0 amide bonds. The lowest BCUT2D eigenvalue weighted by atomic mass is 9.90. The van der Waals surface area contributed by atoms with E-state index in [0.717, 1.165) is 0 Å². The van der Waals surface area contributed by atoms with Gasteiger partial charge in [0.15, 0.2) is 0 Å². The molecule has 0 saturated heterocycles. The minimum Gasteiger partial charge on any atom is -0.481 e. The van der Waals surface area contributed by atoms with E-state index in [-0.39, 0.29) is 17.9 Å². The number of aliphatic hydroxyl groups is 1. The van der Waals surface area contributed by atoms with Crippen LogP contribution < -0.4 is 0 Å². The van der Waals surface area contributed by atoms with Gasteiger partial charge >= 0.3 is 5.97 Å². The molecule has 0 aliphatic carbocycles. The Labute approximate surface area is 79.8 Å². The zero-order valence-electron chi connectivity index (χ0n) is 8.66. The fourth-order valence-electron chi connectivity index (χ4n) is 1.32. The lowest BCUT2D eigenvalue weighted by Gasteiger charge is -2.17. The summed E-state index contributed by atoms with van der Waals surface area (Å²) in [5, 5.41) is 18.1. The van der Waals surface area contributed by atoms with Crippen molar-refractivity contribution in [3.05, 3.63) is 0 Å². The van der Waals surface area contributed by atoms with Gasteiger partial charge in [-0.25, -0.2) is 0 Å². The van der Waals surface area contributed by atoms with E-state index in [4.69, 9.17) is 5.11 Å². The van der Waals surface area contributed by atoms with Crippen molar-refractivity contribution >= 4 is 5.97 Å². The van der Waals surface area contributed by atoms with Gasteiger partial charge in [-0.15, -0.1) is 0 Å². The Morgan fingerprint density at radius 2 is 1.85 bits per heavy atom. The normalized spacial score (nSPS) is 15.8. The van der Waals surface area contributed by atoms with Gasteiger partial charge in [-0.3, -0.25) is 4.79 Å². The summed E-state index contributed by atoms with van der Waals surface area (Å²) in [6, 6.07) is 0. The van der Waals surface area contributed by atoms with Gasteiger partial charge in [0.1, 0.15) is 0 Å². The molecule has 2 atom stereocenters. The summed E-state index contributed by atoms with van der Waals surface area (Å²) in [5.74, 6) is -0.930. The first-order valence-electron chi connectivity index (χ1n) is 4.89. The van der Waals surface area contributed by atoms with Gasteiger partial charge in [0, 0.05) is 0 Å². The Kier molecular flexibility index (Phi) is 5.71. The molecule has 0 bridgehead atoms. The zero-order chi connectivity index (χ0) is 10.4. The minimum atomic E-state index is -0.752. The Balaban J connectivity index is 3.90. The number of carboxylic acids is 1. The number of carboxylic acid groups (broad SMARTS) is 1. The van der Waals surface area contributed by atoms with Crippen LogP contribution in [0.2, 0.25) is 0 Å². The topological polar surface area (TPSA) is 57.5 Å². The molecule has 0 fully saturated rings. The van der Waals surface area contributed by atoms with Crippen molar-refractivity contribution in [3.63, 3.8) is 0 Å². The van der Waals surface area contributed by atoms with Crippen molar-refractivity contribution in [2.75, 3.05) is 0 Å². The van der Waals surface area contributed by atoms with Gasteiger partial charge in [0.2, 0.25) is 0 Å². The molecule has 3 nitrogen and oxygen atoms in total. The Bertz CT molecular complexity index is 154. The third kappa shape index (κ3) is 4.88. The average molecular weight is 188 g/mol. The summed E-state index contributed by atoms with van der Waals surface area (Å²) < 4.78 is 0. The lowest BCUT2D eigenvalue weighted by molar-refractivity contribution is -0.143. The zero-order valence-corrected chi connectivity index (χ0v) is 8.66. The van der Waals surface area contributed by atoms with Crippen molar-refractivity contribution in [3.8, 4) is 0 Å². The van der Waals surface area contributed by atoms with E-state index in [1.54, 1.807) is 0 Å². The third-order valence-corrected chi connectivity index (χ3v) is 2.40. The number of aliphatic carboxylic acids is 1. The summed E-state index contributed by atoms with van der Waals surface area (Å²) in [7, 11) is 0. The van der Waals surface area contributed by atoms with Crippen LogP contribution in [-0.2, 0) is 4.79 Å². The van der Waals surface area contributed by atoms with Crippen LogP contribution in [0.25, 0.3) is 0 Å². The van der Waals surface area contributed by atoms with Crippen LogP contribution in [0.1, 0.15) is 40.0 Å². The molecular formula is C10H20O3. The molecule has 0 aromatic rings. The smallest absolute Gasteiger partial charge is 0.306 e. The number of aliphatic hydroxyl groups excluding tert-OH is 1. The number of hydrogen-bond acceptors (Lipinski definition) is 2. The fraction of sp³-hybridized carbons (Fsp3) is 0.900. The first-order chi connectivity index (χ1) is 5.99. The van der Waals surface area contributed by atoms with E-state index in [9.17, 15) is 9.90 Å². The minimum absolute atomic E-state index is 0.140. The van der Waals surface area contributed by atoms with E-state index in [0.29, 0.717) is 19.3 Å². The van der Waals surface area contributed by atoms with Crippen molar-refractivity contribution in [2.45, 2.75) is 46.1 Å². The molecule has 0 rings (SSSR count). The monoisotopic (exact) mass is 188 g/mol. The summed E-state index contributed by atoms with van der Waals surface area (Å²) in [5.41, 5.74) is 0. The number of rotatable bonds is 6. The van der Waals surface area contributed by atoms with E-state index >= 15 is 0 Å². The highest BCUT2D eigenvalue weighted by molar-refractivity contribution is 5.70. The predicted octanol–water partition coefficient (Wildman–Crippen LogP) is 1.89. The second-order valence-electron chi connectivity index (χ2n) is 3.83. The lowest BCUT2D eigenvalue weighted by Crippen LogP contribution is -2.21. The first kappa shape index (κ1) is 12.4. The maximum atomic E-state index is 10.8. The van der Waals surface area contributed by atoms with Gasteiger partial charge in [0.05, 0.1) is 12.0 Å². The predicted molar refractivity (Wildman–Crippen MR) is 51.5 cm³/mol. The van der Waals surface area contributed by atoms with Crippen LogP contribution >= 0.6 is 0 Å². The van der Waals surface area contributed by atoms with Gasteiger partial charge in [-0.1, -0.05) is 20.8 Å². The Hall–Kier alpha value is -0.570. The number of hydrogen-bond donors (Lipinski definition) is 2. The quantitative estimate of drug-likeness (QED) is 0.669. The molecule has 0 aliphatic heterocycles. The summed E-state index contributed by atoms with van der Waals surface area (Å²) >= 11 is 0. The molecule has 2 N–H and O–H groups in total. The van der Waals surface area contributed by atoms with Crippen LogP contribution in [0.5, 0.6) is 0 Å². The molecule has 0 saturated carbocycles. The molecule has 0 spiro atoms. The Morgan fingerprint density at radius 3 is 2.15 bits per heavy atom. The van der Waals surface area contributed by atoms with Gasteiger partial charge in [-0.2, -0.15) is 0 Å². The second kappa shape index (κ2) is 5.97. The summed E-state index contributed by atoms with van der Waals surface area (Å²) in [6.45, 7) is 5.70. The molecule has 13 heavy (non-hydrogen) atoms. The maximum Gasteiger partial charge on any atom is 0.306 e. The second-order valence-corrected chi connectivity index (χ2v) is 3.83. The highest BCUT2D eigenvalue weighted by Crippen LogP contribution is 2.19. The van der Waals surface area contributed by atoms with E-state index < -0.39 is 5.97 Å². The van der Waals surface area contributed by atoms with E-state index in [2.05, 4.69) is 0 Å². The third-order valence-electron chi connectivity index (χ3n) is 2.40. The SMILES string of the molecule is CCC(O)CCC(C(=O)O)C(C)C. The van der Waals surface area contributed by atoms with Crippen LogP contribution in [0.3, 0.4) is 0 Å². The molecule has 0 radical (unpaired) electrons. The average Bonchev–Trinajstić information content (AvgIpc) is 2.03. The summed E-state index contributed by atoms with van der Waals surface area (Å²) in [4.78, 5) is 10.8. The van der Waals surface area contributed by atoms with E-state index in [1.807, 2.05) is 20.8 Å². The fourth-order valence-corrected chi connectivity index (χ4v) is 1.32. The highest BCUT2D eigenvalue weighted by atomic mass is 16.4. The van der Waals surface area contributed by atoms with Crippen molar-refractivity contribution in [2.24, 2.45) is 11.8 Å². The molecule has 0 aliphatic rings. The molecule has 78 valence electrons. The molecule has 2 unspecified atom stereocenters. The highest BCUT2D eigenvalue weighted by Gasteiger charge is 2.21. The largest absolute Gasteiger partial charge is 0.481 e. The van der Waals surface area contributed by atoms with Crippen LogP contribution in [0.15, 0.2) is 0 Å². The van der Waals surface area contributed by atoms with Gasteiger partial charge < -0.3 is 10.2 Å². The van der Waals surface area contributed by atoms with Crippen molar-refractivity contribution in [1.82, 2.24) is 0 Å². The van der Waals surface area contributed by atoms with Crippen LogP contribution in [-0.4, -0.2) is 22.3 Å². The molecule has 0 heterocycles. The van der Waals surface area contributed by atoms with Crippen LogP contribution in [0.4, 0.5) is 0 Å². The van der Waals surface area contributed by atoms with E-state index in [1.165, 1.54) is 0 Å². The van der Waals surface area contributed by atoms with Gasteiger partial charge in [-0.05, 0) is 25.2 Å². The van der Waals surface area contributed by atoms with Crippen LogP contribution in [0, 0.1) is 11.8 Å². The number of carbonyl (C=O) groups is 1. The van der Waals surface area contributed by atoms with Crippen molar-refractivity contribution in [1.29, 1.82) is 0 Å². The molecule has 0 aromatic heterocycles. The standard InChI is InChI=1S/C10H20O3/c1-4-8(11)5-6-9(7(2)3)10(12)13/h7-9,11H,4-6H2,1-3H3,(H,12,13). The van der Waals surface area contributed by atoms with Gasteiger partial charge in [0.25, 0.3) is 0 Å². The molecular weight excluding hydrogens is 168 g/mol. The first-order valence-corrected chi connectivity index (χ1v) is 4.89. The van der Waals surface area contributed by atoms with Crippen molar-refractivity contribution < 1.29 is 15.0 Å².